The van der Waals surface area contributed by atoms with Crippen LogP contribution < -0.4 is 4.74 Å². The van der Waals surface area contributed by atoms with Gasteiger partial charge in [-0.15, -0.1) is 6.42 Å². The number of hydrogen-bond donors (Lipinski definition) is 1. The van der Waals surface area contributed by atoms with Crippen LogP contribution in [0.25, 0.3) is 0 Å². The maximum Gasteiger partial charge on any atom is 0.148 e. The van der Waals surface area contributed by atoms with Gasteiger partial charge in [-0.2, -0.15) is 0 Å². The summed E-state index contributed by atoms with van der Waals surface area (Å²) in [6.45, 7) is 1.99. The van der Waals surface area contributed by atoms with E-state index < -0.39 is 6.10 Å². The van der Waals surface area contributed by atoms with Crippen molar-refractivity contribution in [1.82, 2.24) is 0 Å². The fourth-order valence-electron chi connectivity index (χ4n) is 0.968. The molecule has 13 heavy (non-hydrogen) atoms. The quantitative estimate of drug-likeness (QED) is 0.711. The standard InChI is InChI=1S/C11H12O2/c1-3-8-13-11-6-4-10(5-7-11)9(2)12/h1,4-7,9,12H,8H2,2H3. The second-order valence-electron chi connectivity index (χ2n) is 2.74. The highest BCUT2D eigenvalue weighted by molar-refractivity contribution is 5.28. The Hall–Kier alpha value is -1.46. The van der Waals surface area contributed by atoms with Crippen molar-refractivity contribution in [2.45, 2.75) is 13.0 Å². The Morgan fingerprint density at radius 1 is 1.46 bits per heavy atom. The lowest BCUT2D eigenvalue weighted by Crippen LogP contribution is -1.94. The van der Waals surface area contributed by atoms with Gasteiger partial charge in [-0.25, -0.2) is 0 Å². The second-order valence-corrected chi connectivity index (χ2v) is 2.74. The molecule has 0 bridgehead atoms. The largest absolute Gasteiger partial charge is 0.481 e. The highest BCUT2D eigenvalue weighted by Gasteiger charge is 1.99. The van der Waals surface area contributed by atoms with E-state index in [1.165, 1.54) is 0 Å². The Labute approximate surface area is 78.2 Å². The third-order valence-electron chi connectivity index (χ3n) is 1.68. The number of aliphatic hydroxyl groups is 1. The van der Waals surface area contributed by atoms with Crippen molar-refractivity contribution in [2.24, 2.45) is 0 Å². The topological polar surface area (TPSA) is 29.5 Å². The summed E-state index contributed by atoms with van der Waals surface area (Å²) in [5.41, 5.74) is 0.869. The molecule has 2 heteroatoms. The van der Waals surface area contributed by atoms with Crippen LogP contribution in [-0.2, 0) is 0 Å². The monoisotopic (exact) mass is 176 g/mol. The molecule has 0 aliphatic carbocycles. The zero-order valence-electron chi connectivity index (χ0n) is 7.53. The minimum atomic E-state index is -0.443. The van der Waals surface area contributed by atoms with Crippen molar-refractivity contribution in [2.75, 3.05) is 6.61 Å². The van der Waals surface area contributed by atoms with E-state index in [0.717, 1.165) is 11.3 Å². The molecule has 0 fully saturated rings. The van der Waals surface area contributed by atoms with E-state index in [-0.39, 0.29) is 6.61 Å². The van der Waals surface area contributed by atoms with Crippen LogP contribution in [-0.4, -0.2) is 11.7 Å². The SMILES string of the molecule is C#CCOc1ccc(C(C)O)cc1. The van der Waals surface area contributed by atoms with Crippen LogP contribution in [0.4, 0.5) is 0 Å². The Morgan fingerprint density at radius 3 is 2.54 bits per heavy atom. The fourth-order valence-corrected chi connectivity index (χ4v) is 0.968. The summed E-state index contributed by atoms with van der Waals surface area (Å²) >= 11 is 0. The van der Waals surface area contributed by atoms with Gasteiger partial charge in [-0.3, -0.25) is 0 Å². The van der Waals surface area contributed by atoms with Crippen LogP contribution in [0.2, 0.25) is 0 Å². The number of terminal acetylenes is 1. The van der Waals surface area contributed by atoms with Gasteiger partial charge in [0.15, 0.2) is 0 Å². The van der Waals surface area contributed by atoms with E-state index in [1.807, 2.05) is 12.1 Å². The van der Waals surface area contributed by atoms with Crippen molar-refractivity contribution in [3.05, 3.63) is 29.8 Å². The van der Waals surface area contributed by atoms with Crippen LogP contribution >= 0.6 is 0 Å². The van der Waals surface area contributed by atoms with Crippen LogP contribution in [0.15, 0.2) is 24.3 Å². The first-order valence-corrected chi connectivity index (χ1v) is 4.08. The minimum Gasteiger partial charge on any atom is -0.481 e. The van der Waals surface area contributed by atoms with Crippen molar-refractivity contribution < 1.29 is 9.84 Å². The molecule has 0 aromatic heterocycles. The van der Waals surface area contributed by atoms with E-state index in [2.05, 4.69) is 5.92 Å². The number of aliphatic hydroxyl groups excluding tert-OH is 1. The minimum absolute atomic E-state index is 0.272. The molecular weight excluding hydrogens is 164 g/mol. The molecule has 0 amide bonds. The lowest BCUT2D eigenvalue weighted by molar-refractivity contribution is 0.199. The lowest BCUT2D eigenvalue weighted by atomic mass is 10.1. The Balaban J connectivity index is 2.65. The molecule has 1 aromatic rings. The van der Waals surface area contributed by atoms with E-state index in [0.29, 0.717) is 0 Å². The maximum atomic E-state index is 9.22. The van der Waals surface area contributed by atoms with Gasteiger partial charge in [0.1, 0.15) is 12.4 Å². The van der Waals surface area contributed by atoms with Crippen molar-refractivity contribution in [3.63, 3.8) is 0 Å². The first kappa shape index (κ1) is 9.63. The van der Waals surface area contributed by atoms with Crippen LogP contribution in [0.3, 0.4) is 0 Å². The third-order valence-corrected chi connectivity index (χ3v) is 1.68. The van der Waals surface area contributed by atoms with E-state index in [1.54, 1.807) is 19.1 Å². The van der Waals surface area contributed by atoms with Crippen LogP contribution in [0.1, 0.15) is 18.6 Å². The van der Waals surface area contributed by atoms with Crippen molar-refractivity contribution in [1.29, 1.82) is 0 Å². The number of hydrogen-bond acceptors (Lipinski definition) is 2. The van der Waals surface area contributed by atoms with Crippen molar-refractivity contribution >= 4 is 0 Å². The van der Waals surface area contributed by atoms with Gasteiger partial charge < -0.3 is 9.84 Å². The molecule has 1 atom stereocenters. The van der Waals surface area contributed by atoms with E-state index in [9.17, 15) is 5.11 Å². The molecular formula is C11H12O2. The predicted octanol–water partition coefficient (Wildman–Crippen LogP) is 1.75. The number of rotatable bonds is 3. The average Bonchev–Trinajstić information content (AvgIpc) is 2.15. The van der Waals surface area contributed by atoms with Crippen LogP contribution in [0, 0.1) is 12.3 Å². The maximum absolute atomic E-state index is 9.22. The van der Waals surface area contributed by atoms with Gasteiger partial charge >= 0.3 is 0 Å². The van der Waals surface area contributed by atoms with Crippen molar-refractivity contribution in [3.8, 4) is 18.1 Å². The molecule has 1 N–H and O–H groups in total. The highest BCUT2D eigenvalue weighted by atomic mass is 16.5. The van der Waals surface area contributed by atoms with Gasteiger partial charge in [0, 0.05) is 0 Å². The summed E-state index contributed by atoms with van der Waals surface area (Å²) < 4.78 is 5.17. The van der Waals surface area contributed by atoms with Gasteiger partial charge in [0.2, 0.25) is 0 Å². The molecule has 2 nitrogen and oxygen atoms in total. The Kier molecular flexibility index (Phi) is 3.36. The molecule has 1 rings (SSSR count). The molecule has 0 spiro atoms. The normalized spacial score (nSPS) is 11.8. The molecule has 68 valence electrons. The zero-order chi connectivity index (χ0) is 9.68. The van der Waals surface area contributed by atoms with Crippen LogP contribution in [0.5, 0.6) is 5.75 Å². The first-order chi connectivity index (χ1) is 6.24. The lowest BCUT2D eigenvalue weighted by Gasteiger charge is -2.06. The summed E-state index contributed by atoms with van der Waals surface area (Å²) in [4.78, 5) is 0. The summed E-state index contributed by atoms with van der Waals surface area (Å²) in [7, 11) is 0. The Bertz CT molecular complexity index is 293. The molecule has 0 aliphatic rings. The summed E-state index contributed by atoms with van der Waals surface area (Å²) in [6.07, 6.45) is 4.60. The summed E-state index contributed by atoms with van der Waals surface area (Å²) in [6, 6.07) is 7.21. The average molecular weight is 176 g/mol. The summed E-state index contributed by atoms with van der Waals surface area (Å²) in [5.74, 6) is 3.11. The molecule has 0 saturated carbocycles. The first-order valence-electron chi connectivity index (χ1n) is 4.08. The smallest absolute Gasteiger partial charge is 0.148 e. The number of benzene rings is 1. The zero-order valence-corrected chi connectivity index (χ0v) is 7.53. The highest BCUT2D eigenvalue weighted by Crippen LogP contribution is 2.16. The molecule has 0 saturated heterocycles. The second kappa shape index (κ2) is 4.54. The van der Waals surface area contributed by atoms with Gasteiger partial charge in [0.05, 0.1) is 6.10 Å². The molecule has 0 aliphatic heterocycles. The van der Waals surface area contributed by atoms with Gasteiger partial charge in [-0.05, 0) is 24.6 Å². The molecule has 0 radical (unpaired) electrons. The molecule has 1 unspecified atom stereocenters. The van der Waals surface area contributed by atoms with Gasteiger partial charge in [-0.1, -0.05) is 18.1 Å². The number of ether oxygens (including phenoxy) is 1. The van der Waals surface area contributed by atoms with E-state index in [4.69, 9.17) is 11.2 Å². The fraction of sp³-hybridized carbons (Fsp3) is 0.273. The predicted molar refractivity (Wildman–Crippen MR) is 51.4 cm³/mol. The van der Waals surface area contributed by atoms with Gasteiger partial charge in [0.25, 0.3) is 0 Å². The molecule has 1 aromatic carbocycles. The third kappa shape index (κ3) is 2.81. The Morgan fingerprint density at radius 2 is 2.08 bits per heavy atom. The molecule has 0 heterocycles. The van der Waals surface area contributed by atoms with E-state index >= 15 is 0 Å². The summed E-state index contributed by atoms with van der Waals surface area (Å²) in [5, 5.41) is 9.22.